The molecule has 0 N–H and O–H groups in total. The highest BCUT2D eigenvalue weighted by atomic mass is 32.2. The van der Waals surface area contributed by atoms with E-state index >= 15 is 0 Å². The monoisotopic (exact) mass is 330 g/mol. The first-order valence-corrected chi connectivity index (χ1v) is 8.75. The van der Waals surface area contributed by atoms with Gasteiger partial charge in [0.25, 0.3) is 0 Å². The Labute approximate surface area is 127 Å². The molecule has 0 radical (unpaired) electrons. The first kappa shape index (κ1) is 15.4. The minimum absolute atomic E-state index is 0.0231. The van der Waals surface area contributed by atoms with Gasteiger partial charge in [-0.15, -0.1) is 0 Å². The minimum Gasteiger partial charge on any atom is -0.496 e. The molecule has 2 bridgehead atoms. The van der Waals surface area contributed by atoms with Gasteiger partial charge in [0.05, 0.1) is 23.2 Å². The van der Waals surface area contributed by atoms with Gasteiger partial charge in [0.2, 0.25) is 0 Å². The third-order valence-electron chi connectivity index (χ3n) is 4.71. The third-order valence-corrected chi connectivity index (χ3v) is 7.43. The number of benzene rings is 1. The van der Waals surface area contributed by atoms with E-state index in [0.29, 0.717) is 12.8 Å². The van der Waals surface area contributed by atoms with Crippen molar-refractivity contribution in [3.05, 3.63) is 29.3 Å². The van der Waals surface area contributed by atoms with Crippen LogP contribution in [0.15, 0.2) is 12.1 Å². The van der Waals surface area contributed by atoms with Gasteiger partial charge in [-0.25, -0.2) is 17.2 Å². The van der Waals surface area contributed by atoms with Crippen LogP contribution in [0.2, 0.25) is 0 Å². The zero-order valence-electron chi connectivity index (χ0n) is 12.0. The van der Waals surface area contributed by atoms with E-state index in [1.165, 1.54) is 7.11 Å². The van der Waals surface area contributed by atoms with Gasteiger partial charge in [-0.1, -0.05) is 0 Å². The average Bonchev–Trinajstić information content (AvgIpc) is 2.68. The Kier molecular flexibility index (Phi) is 3.71. The second-order valence-corrected chi connectivity index (χ2v) is 8.42. The fourth-order valence-corrected chi connectivity index (χ4v) is 6.01. The number of fused-ring (bicyclic) bond motifs is 2. The van der Waals surface area contributed by atoms with E-state index in [0.717, 1.165) is 12.1 Å². The summed E-state index contributed by atoms with van der Waals surface area (Å²) in [7, 11) is -1.85. The predicted octanol–water partition coefficient (Wildman–Crippen LogP) is 2.51. The maximum absolute atomic E-state index is 13.4. The predicted molar refractivity (Wildman–Crippen MR) is 75.7 cm³/mol. The van der Waals surface area contributed by atoms with Crippen LogP contribution < -0.4 is 4.74 Å². The molecule has 2 unspecified atom stereocenters. The summed E-state index contributed by atoms with van der Waals surface area (Å²) in [5, 5.41) is -0.979. The Bertz CT molecular complexity index is 709. The highest BCUT2D eigenvalue weighted by Gasteiger charge is 2.48. The normalized spacial score (nSPS) is 29.3. The molecule has 0 saturated carbocycles. The largest absolute Gasteiger partial charge is 0.496 e. The second-order valence-electron chi connectivity index (χ2n) is 5.91. The van der Waals surface area contributed by atoms with Crippen LogP contribution in [0.1, 0.15) is 36.0 Å². The Balaban J connectivity index is 1.92. The number of carbonyl (C=O) groups excluding carboxylic acids is 1. The number of hydrogen-bond acceptors (Lipinski definition) is 4. The number of halogens is 2. The van der Waals surface area contributed by atoms with Gasteiger partial charge in [-0.2, -0.15) is 0 Å². The quantitative estimate of drug-likeness (QED) is 0.799. The van der Waals surface area contributed by atoms with Crippen LogP contribution in [0.25, 0.3) is 0 Å². The Morgan fingerprint density at radius 1 is 1.14 bits per heavy atom. The second kappa shape index (κ2) is 5.30. The molecule has 22 heavy (non-hydrogen) atoms. The Morgan fingerprint density at radius 3 is 2.23 bits per heavy atom. The van der Waals surface area contributed by atoms with Crippen molar-refractivity contribution in [1.82, 2.24) is 0 Å². The summed E-state index contributed by atoms with van der Waals surface area (Å²) in [5.74, 6) is -3.08. The number of Topliss-reactive ketones (excluding diaryl/α,β-unsaturated/α-hetero) is 1. The van der Waals surface area contributed by atoms with Crippen molar-refractivity contribution in [2.75, 3.05) is 7.11 Å². The molecule has 0 amide bonds. The van der Waals surface area contributed by atoms with Crippen molar-refractivity contribution < 1.29 is 26.7 Å². The molecule has 4 nitrogen and oxygen atoms in total. The highest BCUT2D eigenvalue weighted by molar-refractivity contribution is 7.93. The molecule has 1 aromatic rings. The molecule has 120 valence electrons. The van der Waals surface area contributed by atoms with E-state index in [4.69, 9.17) is 4.74 Å². The Morgan fingerprint density at radius 2 is 1.68 bits per heavy atom. The van der Waals surface area contributed by atoms with E-state index < -0.39 is 37.9 Å². The molecule has 2 fully saturated rings. The van der Waals surface area contributed by atoms with Crippen LogP contribution in [0.3, 0.4) is 0 Å². The van der Waals surface area contributed by atoms with Crippen molar-refractivity contribution in [2.45, 2.75) is 36.2 Å². The van der Waals surface area contributed by atoms with Crippen LogP contribution >= 0.6 is 0 Å². The summed E-state index contributed by atoms with van der Waals surface area (Å²) in [6.07, 6.45) is 1.65. The Hall–Kier alpha value is -1.50. The lowest BCUT2D eigenvalue weighted by molar-refractivity contribution is 0.0901. The number of carbonyl (C=O) groups is 1. The molecule has 0 aromatic heterocycles. The smallest absolute Gasteiger partial charge is 0.169 e. The zero-order valence-corrected chi connectivity index (χ0v) is 12.8. The summed E-state index contributed by atoms with van der Waals surface area (Å²) in [6.45, 7) is 0. The number of ketones is 1. The van der Waals surface area contributed by atoms with Gasteiger partial charge < -0.3 is 4.74 Å². The lowest BCUT2D eigenvalue weighted by Gasteiger charge is -2.27. The average molecular weight is 330 g/mol. The van der Waals surface area contributed by atoms with Crippen LogP contribution in [-0.2, 0) is 9.84 Å². The molecule has 3 rings (SSSR count). The summed E-state index contributed by atoms with van der Waals surface area (Å²) in [6, 6.07) is 1.68. The summed E-state index contributed by atoms with van der Waals surface area (Å²) >= 11 is 0. The fraction of sp³-hybridized carbons (Fsp3) is 0.533. The van der Waals surface area contributed by atoms with Crippen molar-refractivity contribution >= 4 is 15.6 Å². The number of ether oxygens (including phenoxy) is 1. The van der Waals surface area contributed by atoms with Crippen LogP contribution in [0, 0.1) is 17.6 Å². The van der Waals surface area contributed by atoms with Crippen molar-refractivity contribution in [3.8, 4) is 5.75 Å². The summed E-state index contributed by atoms with van der Waals surface area (Å²) in [4.78, 5) is 12.6. The van der Waals surface area contributed by atoms with Crippen molar-refractivity contribution in [2.24, 2.45) is 5.92 Å². The molecule has 0 aliphatic carbocycles. The fourth-order valence-electron chi connectivity index (χ4n) is 3.53. The molecule has 2 aliphatic heterocycles. The lowest BCUT2D eigenvalue weighted by atomic mass is 9.90. The molecular formula is C15H16F2O4S. The number of methoxy groups -OCH3 is 1. The molecule has 2 heterocycles. The van der Waals surface area contributed by atoms with Crippen LogP contribution in [-0.4, -0.2) is 31.8 Å². The molecule has 2 saturated heterocycles. The summed E-state index contributed by atoms with van der Waals surface area (Å²) in [5.41, 5.74) is -0.0231. The van der Waals surface area contributed by atoms with E-state index in [1.807, 2.05) is 0 Å². The van der Waals surface area contributed by atoms with E-state index in [-0.39, 0.29) is 29.9 Å². The minimum atomic E-state index is -3.13. The first-order valence-electron chi connectivity index (χ1n) is 7.14. The van der Waals surface area contributed by atoms with Gasteiger partial charge in [-0.05, 0) is 31.7 Å². The molecule has 1 aromatic carbocycles. The lowest BCUT2D eigenvalue weighted by Crippen LogP contribution is -2.36. The number of rotatable bonds is 3. The van der Waals surface area contributed by atoms with Gasteiger partial charge >= 0.3 is 0 Å². The van der Waals surface area contributed by atoms with Crippen LogP contribution in [0.5, 0.6) is 5.75 Å². The van der Waals surface area contributed by atoms with Gasteiger partial charge in [0.15, 0.2) is 27.3 Å². The molecular weight excluding hydrogens is 314 g/mol. The van der Waals surface area contributed by atoms with Crippen LogP contribution in [0.4, 0.5) is 8.78 Å². The van der Waals surface area contributed by atoms with Gasteiger partial charge in [-0.3, -0.25) is 4.79 Å². The highest BCUT2D eigenvalue weighted by Crippen LogP contribution is 2.42. The van der Waals surface area contributed by atoms with Gasteiger partial charge in [0, 0.05) is 12.0 Å². The molecule has 7 heteroatoms. The molecule has 2 aliphatic rings. The molecule has 0 spiro atoms. The standard InChI is InChI=1S/C15H16F2O4S/c1-21-14-7-13(17)12(16)6-11(14)15(18)8-4-9-2-3-10(5-8)22(9,19)20/h6-10H,2-5H2,1H3. The first-order chi connectivity index (χ1) is 10.3. The maximum Gasteiger partial charge on any atom is 0.169 e. The van der Waals surface area contributed by atoms with E-state index in [9.17, 15) is 22.0 Å². The molecule has 2 atom stereocenters. The third kappa shape index (κ3) is 2.31. The summed E-state index contributed by atoms with van der Waals surface area (Å²) < 4.78 is 55.7. The van der Waals surface area contributed by atoms with Crippen molar-refractivity contribution in [1.29, 1.82) is 0 Å². The maximum atomic E-state index is 13.4. The SMILES string of the molecule is COc1cc(F)c(F)cc1C(=O)C1CC2CCC(C1)S2(=O)=O. The number of hydrogen-bond donors (Lipinski definition) is 0. The number of sulfone groups is 1. The topological polar surface area (TPSA) is 60.4 Å². The van der Waals surface area contributed by atoms with Crippen molar-refractivity contribution in [3.63, 3.8) is 0 Å². The van der Waals surface area contributed by atoms with Gasteiger partial charge in [0.1, 0.15) is 5.75 Å². The zero-order chi connectivity index (χ0) is 16.1. The van der Waals surface area contributed by atoms with E-state index in [2.05, 4.69) is 0 Å². The van der Waals surface area contributed by atoms with E-state index in [1.54, 1.807) is 0 Å².